The number of amides is 1. The van der Waals surface area contributed by atoms with Crippen LogP contribution in [0.2, 0.25) is 0 Å². The van der Waals surface area contributed by atoms with Crippen molar-refractivity contribution in [3.63, 3.8) is 0 Å². The number of halogens is 3. The van der Waals surface area contributed by atoms with Gasteiger partial charge in [-0.3, -0.25) is 14.7 Å². The van der Waals surface area contributed by atoms with Crippen molar-refractivity contribution >= 4 is 24.7 Å². The largest absolute Gasteiger partial charge is 0.416 e. The van der Waals surface area contributed by atoms with Crippen molar-refractivity contribution in [1.82, 2.24) is 14.7 Å². The first kappa shape index (κ1) is 29.5. The van der Waals surface area contributed by atoms with Crippen molar-refractivity contribution in [3.8, 4) is 0 Å². The molecule has 0 radical (unpaired) electrons. The first-order chi connectivity index (χ1) is 19.1. The number of carbonyl (C=O) groups excluding carboxylic acids is 1. The number of allylic oxidation sites excluding steroid dienone is 1. The highest BCUT2D eigenvalue weighted by molar-refractivity contribution is 6.04. The minimum atomic E-state index is -4.51. The van der Waals surface area contributed by atoms with E-state index >= 15 is 0 Å². The number of benzene rings is 2. The Morgan fingerprint density at radius 1 is 1.12 bits per heavy atom. The molecule has 1 atom stereocenters. The number of likely N-dealkylation sites (N-methyl/N-ethyl adjacent to an activating group) is 1. The quantitative estimate of drug-likeness (QED) is 0.341. The summed E-state index contributed by atoms with van der Waals surface area (Å²) in [5.74, 6) is -0.209. The van der Waals surface area contributed by atoms with Gasteiger partial charge >= 0.3 is 6.18 Å². The van der Waals surface area contributed by atoms with E-state index in [4.69, 9.17) is 0 Å². The Morgan fingerprint density at radius 2 is 1.85 bits per heavy atom. The standard InChI is InChI=1S/C30H37F3N6O/c1-5-37-8-10-38(11-9-37)18-23-12-26(30(31,32)33)15-27(13-23)36-29(40)24-6-7-28-21(2)17-39(19-25(28)14-24)22(3)16-35-20-34-4/h6-7,12-16,20-21H,4-5,8-11,17-19H2,1-3H3,(H,36,40)/b22-16+,35-20-. The van der Waals surface area contributed by atoms with Crippen LogP contribution in [0.15, 0.2) is 58.3 Å². The van der Waals surface area contributed by atoms with Crippen LogP contribution >= 0.6 is 0 Å². The zero-order valence-corrected chi connectivity index (χ0v) is 23.3. The van der Waals surface area contributed by atoms with Gasteiger partial charge in [0.2, 0.25) is 0 Å². The van der Waals surface area contributed by atoms with Crippen LogP contribution in [-0.4, -0.2) is 72.9 Å². The van der Waals surface area contributed by atoms with Gasteiger partial charge < -0.3 is 15.1 Å². The Hall–Kier alpha value is -3.50. The summed E-state index contributed by atoms with van der Waals surface area (Å²) in [5, 5.41) is 2.72. The molecule has 1 N–H and O–H groups in total. The summed E-state index contributed by atoms with van der Waals surface area (Å²) in [4.78, 5) is 27.6. The summed E-state index contributed by atoms with van der Waals surface area (Å²) in [6.07, 6.45) is -1.42. The first-order valence-electron chi connectivity index (χ1n) is 13.6. The monoisotopic (exact) mass is 554 g/mol. The number of nitrogens with one attached hydrogen (secondary N) is 1. The lowest BCUT2D eigenvalue weighted by atomic mass is 9.89. The van der Waals surface area contributed by atoms with E-state index in [1.807, 2.05) is 19.1 Å². The van der Waals surface area contributed by atoms with Crippen LogP contribution in [0.5, 0.6) is 0 Å². The lowest BCUT2D eigenvalue weighted by Gasteiger charge is -2.35. The number of piperazine rings is 1. The molecule has 0 aliphatic carbocycles. The minimum absolute atomic E-state index is 0.141. The maximum atomic E-state index is 13.7. The number of aliphatic imine (C=N–C) groups is 2. The maximum Gasteiger partial charge on any atom is 0.416 e. The predicted molar refractivity (Wildman–Crippen MR) is 154 cm³/mol. The van der Waals surface area contributed by atoms with Gasteiger partial charge in [-0.2, -0.15) is 13.2 Å². The summed E-state index contributed by atoms with van der Waals surface area (Å²) in [7, 11) is 0. The van der Waals surface area contributed by atoms with Crippen molar-refractivity contribution < 1.29 is 18.0 Å². The number of alkyl halides is 3. The van der Waals surface area contributed by atoms with Crippen molar-refractivity contribution in [2.45, 2.75) is 46.0 Å². The highest BCUT2D eigenvalue weighted by Gasteiger charge is 2.32. The van der Waals surface area contributed by atoms with Crippen LogP contribution in [0.4, 0.5) is 18.9 Å². The van der Waals surface area contributed by atoms with Crippen LogP contribution in [-0.2, 0) is 19.3 Å². The smallest absolute Gasteiger partial charge is 0.369 e. The Labute approximate surface area is 234 Å². The molecule has 1 saturated heterocycles. The van der Waals surface area contributed by atoms with E-state index < -0.39 is 17.6 Å². The zero-order chi connectivity index (χ0) is 28.9. The van der Waals surface area contributed by atoms with E-state index in [1.54, 1.807) is 18.3 Å². The second kappa shape index (κ2) is 12.8. The molecule has 0 spiro atoms. The van der Waals surface area contributed by atoms with E-state index in [1.165, 1.54) is 12.4 Å². The van der Waals surface area contributed by atoms with E-state index in [2.05, 4.69) is 50.6 Å². The van der Waals surface area contributed by atoms with Gasteiger partial charge in [0.25, 0.3) is 5.91 Å². The Bertz CT molecular complexity index is 1280. The third-order valence-electron chi connectivity index (χ3n) is 7.60. The van der Waals surface area contributed by atoms with Crippen LogP contribution < -0.4 is 5.32 Å². The van der Waals surface area contributed by atoms with Gasteiger partial charge in [0, 0.05) is 69.0 Å². The van der Waals surface area contributed by atoms with Gasteiger partial charge in [-0.05, 0) is 73.1 Å². The molecule has 10 heteroatoms. The fourth-order valence-electron chi connectivity index (χ4n) is 5.35. The third kappa shape index (κ3) is 7.37. The van der Waals surface area contributed by atoms with Gasteiger partial charge in [-0.15, -0.1) is 0 Å². The van der Waals surface area contributed by atoms with Gasteiger partial charge in [0.15, 0.2) is 0 Å². The van der Waals surface area contributed by atoms with E-state index in [-0.39, 0.29) is 11.6 Å². The van der Waals surface area contributed by atoms with Gasteiger partial charge in [0.1, 0.15) is 6.34 Å². The van der Waals surface area contributed by atoms with Crippen LogP contribution in [0.3, 0.4) is 0 Å². The number of fused-ring (bicyclic) bond motifs is 1. The molecular weight excluding hydrogens is 517 g/mol. The zero-order valence-electron chi connectivity index (χ0n) is 23.3. The predicted octanol–water partition coefficient (Wildman–Crippen LogP) is 5.60. The number of nitrogens with zero attached hydrogens (tertiary/aromatic N) is 5. The lowest BCUT2D eigenvalue weighted by molar-refractivity contribution is -0.137. The summed E-state index contributed by atoms with van der Waals surface area (Å²) >= 11 is 0. The van der Waals surface area contributed by atoms with Crippen molar-refractivity contribution in [3.05, 3.63) is 76.1 Å². The fourth-order valence-corrected chi connectivity index (χ4v) is 5.35. The molecular formula is C30H37F3N6O. The number of anilines is 1. The summed E-state index contributed by atoms with van der Waals surface area (Å²) in [6.45, 7) is 15.7. The molecule has 2 heterocycles. The number of rotatable bonds is 8. The van der Waals surface area contributed by atoms with E-state index in [0.717, 1.165) is 62.2 Å². The molecule has 0 saturated carbocycles. The molecule has 40 heavy (non-hydrogen) atoms. The van der Waals surface area contributed by atoms with Crippen molar-refractivity contribution in [2.24, 2.45) is 9.98 Å². The highest BCUT2D eigenvalue weighted by Crippen LogP contribution is 2.34. The second-order valence-corrected chi connectivity index (χ2v) is 10.5. The number of hydrogen-bond acceptors (Lipinski definition) is 5. The normalized spacial score (nSPS) is 19.1. The van der Waals surface area contributed by atoms with E-state index in [0.29, 0.717) is 24.2 Å². The Morgan fingerprint density at radius 3 is 2.52 bits per heavy atom. The summed E-state index contributed by atoms with van der Waals surface area (Å²) < 4.78 is 41.2. The highest BCUT2D eigenvalue weighted by atomic mass is 19.4. The molecule has 2 aromatic carbocycles. The van der Waals surface area contributed by atoms with Gasteiger partial charge in [0.05, 0.1) is 5.56 Å². The first-order valence-corrected chi connectivity index (χ1v) is 13.6. The van der Waals surface area contributed by atoms with Crippen molar-refractivity contribution in [2.75, 3.05) is 44.6 Å². The summed E-state index contributed by atoms with van der Waals surface area (Å²) in [6, 6.07) is 9.35. The van der Waals surface area contributed by atoms with Crippen molar-refractivity contribution in [1.29, 1.82) is 0 Å². The molecule has 1 fully saturated rings. The SMILES string of the molecule is C=N/C=N\C=C(/C)N1Cc2cc(C(=O)Nc3cc(CN4CCN(CC)CC4)cc(C(F)(F)F)c3)ccc2C(C)C1. The number of hydrogen-bond donors (Lipinski definition) is 1. The number of carbonyl (C=O) groups is 1. The Kier molecular flexibility index (Phi) is 9.42. The van der Waals surface area contributed by atoms with E-state index in [9.17, 15) is 18.0 Å². The summed E-state index contributed by atoms with van der Waals surface area (Å²) in [5.41, 5.74) is 3.42. The average Bonchev–Trinajstić information content (AvgIpc) is 2.92. The third-order valence-corrected chi connectivity index (χ3v) is 7.60. The molecule has 1 unspecified atom stereocenters. The van der Waals surface area contributed by atoms with Crippen LogP contribution in [0.25, 0.3) is 0 Å². The average molecular weight is 555 g/mol. The second-order valence-electron chi connectivity index (χ2n) is 10.5. The molecule has 0 bridgehead atoms. The van der Waals surface area contributed by atoms with Gasteiger partial charge in [-0.25, -0.2) is 4.99 Å². The maximum absolute atomic E-state index is 13.7. The molecule has 4 rings (SSSR count). The molecule has 2 aliphatic heterocycles. The van der Waals surface area contributed by atoms with Gasteiger partial charge in [-0.1, -0.05) is 19.9 Å². The van der Waals surface area contributed by atoms with Crippen LogP contribution in [0.1, 0.15) is 59.3 Å². The topological polar surface area (TPSA) is 63.5 Å². The fraction of sp³-hybridized carbons (Fsp3) is 0.433. The molecule has 1 amide bonds. The molecule has 214 valence electrons. The molecule has 7 nitrogen and oxygen atoms in total. The molecule has 2 aliphatic rings. The lowest BCUT2D eigenvalue weighted by Crippen LogP contribution is -2.45. The molecule has 0 aromatic heterocycles. The molecule has 2 aromatic rings. The Balaban J connectivity index is 1.53. The minimum Gasteiger partial charge on any atom is -0.369 e. The van der Waals surface area contributed by atoms with Crippen LogP contribution in [0, 0.1) is 0 Å².